The molecule has 0 aromatic rings. The van der Waals surface area contributed by atoms with Crippen molar-refractivity contribution in [2.45, 2.75) is 82.7 Å². The molecular weight excluding hydrogens is 408 g/mol. The van der Waals surface area contributed by atoms with Gasteiger partial charge < -0.3 is 20.6 Å². The smallest absolute Gasteiger partial charge is 0.317 e. The van der Waals surface area contributed by atoms with Crippen LogP contribution in [0.4, 0.5) is 0 Å². The molecule has 0 radical (unpaired) electrons. The summed E-state index contributed by atoms with van der Waals surface area (Å²) >= 11 is 0. The van der Waals surface area contributed by atoms with Crippen molar-refractivity contribution in [1.29, 1.82) is 0 Å². The largest absolute Gasteiger partial charge is 0.480 e. The molecule has 8 nitrogen and oxygen atoms in total. The van der Waals surface area contributed by atoms with Gasteiger partial charge in [-0.1, -0.05) is 43.8 Å². The Kier molecular flexibility index (Phi) is 9.99. The van der Waals surface area contributed by atoms with E-state index in [1.807, 2.05) is 0 Å². The molecule has 0 spiro atoms. The van der Waals surface area contributed by atoms with Crippen molar-refractivity contribution in [2.24, 2.45) is 5.92 Å². The summed E-state index contributed by atoms with van der Waals surface area (Å²) in [5.41, 5.74) is 1.45. The first-order chi connectivity index (χ1) is 15.5. The highest BCUT2D eigenvalue weighted by Gasteiger charge is 2.37. The summed E-state index contributed by atoms with van der Waals surface area (Å²) in [5, 5.41) is 18.4. The van der Waals surface area contributed by atoms with E-state index in [0.29, 0.717) is 31.8 Å². The fourth-order valence-corrected chi connectivity index (χ4v) is 5.28. The molecule has 0 aromatic heterocycles. The van der Waals surface area contributed by atoms with E-state index in [4.69, 9.17) is 5.11 Å². The van der Waals surface area contributed by atoms with Crippen LogP contribution in [-0.2, 0) is 14.4 Å². The molecule has 32 heavy (non-hydrogen) atoms. The van der Waals surface area contributed by atoms with Crippen molar-refractivity contribution in [3.8, 4) is 0 Å². The number of carbonyl (C=O) groups is 3. The van der Waals surface area contributed by atoms with Crippen LogP contribution in [0.15, 0.2) is 11.6 Å². The number of hydrogen-bond acceptors (Lipinski definition) is 5. The summed E-state index contributed by atoms with van der Waals surface area (Å²) in [4.78, 5) is 39.0. The van der Waals surface area contributed by atoms with Gasteiger partial charge in [0.05, 0.1) is 12.6 Å². The maximum atomic E-state index is 13.4. The molecule has 8 heteroatoms. The number of carboxylic acid groups (broad SMARTS) is 1. The van der Waals surface area contributed by atoms with Crippen LogP contribution in [-0.4, -0.2) is 72.6 Å². The van der Waals surface area contributed by atoms with Gasteiger partial charge in [-0.2, -0.15) is 0 Å². The van der Waals surface area contributed by atoms with E-state index in [1.54, 1.807) is 4.90 Å². The van der Waals surface area contributed by atoms with Gasteiger partial charge in [0.15, 0.2) is 0 Å². The number of amides is 2. The van der Waals surface area contributed by atoms with Gasteiger partial charge in [0.2, 0.25) is 11.8 Å². The van der Waals surface area contributed by atoms with Gasteiger partial charge in [-0.05, 0) is 51.0 Å². The third-order valence-electron chi connectivity index (χ3n) is 7.06. The first-order valence-corrected chi connectivity index (χ1v) is 12.5. The summed E-state index contributed by atoms with van der Waals surface area (Å²) < 4.78 is 0. The van der Waals surface area contributed by atoms with Crippen molar-refractivity contribution in [2.75, 3.05) is 32.7 Å². The minimum absolute atomic E-state index is 0.0789. The molecule has 0 bridgehead atoms. The second-order valence-corrected chi connectivity index (χ2v) is 9.47. The maximum Gasteiger partial charge on any atom is 0.317 e. The average Bonchev–Trinajstić information content (AvgIpc) is 3.30. The van der Waals surface area contributed by atoms with Gasteiger partial charge in [-0.15, -0.1) is 0 Å². The lowest BCUT2D eigenvalue weighted by atomic mass is 9.84. The van der Waals surface area contributed by atoms with Crippen molar-refractivity contribution in [3.05, 3.63) is 11.6 Å². The second-order valence-electron chi connectivity index (χ2n) is 9.47. The summed E-state index contributed by atoms with van der Waals surface area (Å²) in [6, 6.07) is -0.976. The monoisotopic (exact) mass is 448 g/mol. The number of rotatable bonds is 11. The molecule has 0 aromatic carbocycles. The molecule has 3 aliphatic rings. The van der Waals surface area contributed by atoms with Crippen LogP contribution in [0.5, 0.6) is 0 Å². The molecule has 4 N–H and O–H groups in total. The molecule has 2 heterocycles. The summed E-state index contributed by atoms with van der Waals surface area (Å²) in [5.74, 6) is -0.719. The fraction of sp³-hybridized carbons (Fsp3) is 0.792. The first-order valence-electron chi connectivity index (χ1n) is 12.5. The normalized spacial score (nSPS) is 22.9. The summed E-state index contributed by atoms with van der Waals surface area (Å²) in [6.07, 6.45) is 13.1. The molecule has 1 saturated carbocycles. The molecule has 2 fully saturated rings. The van der Waals surface area contributed by atoms with Crippen LogP contribution in [0.25, 0.3) is 0 Å². The predicted octanol–water partition coefficient (Wildman–Crippen LogP) is 1.81. The number of carbonyl (C=O) groups excluding carboxylic acids is 2. The molecule has 0 unspecified atom stereocenters. The van der Waals surface area contributed by atoms with Gasteiger partial charge in [0.1, 0.15) is 6.04 Å². The van der Waals surface area contributed by atoms with Gasteiger partial charge in [-0.3, -0.25) is 19.7 Å². The lowest BCUT2D eigenvalue weighted by Crippen LogP contribution is -2.53. The number of nitrogens with zero attached hydrogens (tertiary/aromatic N) is 1. The predicted molar refractivity (Wildman–Crippen MR) is 123 cm³/mol. The molecule has 180 valence electrons. The van der Waals surface area contributed by atoms with Crippen LogP contribution in [0.1, 0.15) is 70.6 Å². The highest BCUT2D eigenvalue weighted by molar-refractivity contribution is 5.90. The number of hydrogen-bond donors (Lipinski definition) is 4. The van der Waals surface area contributed by atoms with Crippen LogP contribution < -0.4 is 16.0 Å². The van der Waals surface area contributed by atoms with Gasteiger partial charge in [-0.25, -0.2) is 0 Å². The molecule has 3 rings (SSSR count). The SMILES string of the molecule is O=C(O)CN[C@H](CC1CCCCC1)C(=O)N1CCC[C@H]1C(=O)NCCCC1=CCNCC1. The quantitative estimate of drug-likeness (QED) is 0.283. The van der Waals surface area contributed by atoms with Crippen molar-refractivity contribution >= 4 is 17.8 Å². The van der Waals surface area contributed by atoms with Crippen LogP contribution in [0.2, 0.25) is 0 Å². The third kappa shape index (κ3) is 7.59. The standard InChI is InChI=1S/C24H40N4O4/c29-22(30)17-27-20(16-19-6-2-1-3-7-19)24(32)28-15-5-9-21(28)23(31)26-12-4-8-18-10-13-25-14-11-18/h10,19-21,25,27H,1-9,11-17H2,(H,26,31)(H,29,30)/t20-,21+/m1/s1. The summed E-state index contributed by atoms with van der Waals surface area (Å²) in [6.45, 7) is 2.89. The molecule has 2 atom stereocenters. The number of carboxylic acids is 1. The van der Waals surface area contributed by atoms with Crippen LogP contribution >= 0.6 is 0 Å². The Balaban J connectivity index is 1.51. The highest BCUT2D eigenvalue weighted by Crippen LogP contribution is 2.29. The minimum atomic E-state index is -0.967. The Bertz CT molecular complexity index is 675. The Labute approximate surface area is 191 Å². The fourth-order valence-electron chi connectivity index (χ4n) is 5.28. The lowest BCUT2D eigenvalue weighted by Gasteiger charge is -2.31. The van der Waals surface area contributed by atoms with E-state index < -0.39 is 18.1 Å². The van der Waals surface area contributed by atoms with Crippen molar-refractivity contribution < 1.29 is 19.5 Å². The number of likely N-dealkylation sites (tertiary alicyclic amines) is 1. The minimum Gasteiger partial charge on any atom is -0.480 e. The van der Waals surface area contributed by atoms with Gasteiger partial charge in [0.25, 0.3) is 0 Å². The second kappa shape index (κ2) is 12.9. The van der Waals surface area contributed by atoms with E-state index in [2.05, 4.69) is 22.0 Å². The first kappa shape index (κ1) is 24.7. The van der Waals surface area contributed by atoms with E-state index in [1.165, 1.54) is 24.8 Å². The zero-order valence-corrected chi connectivity index (χ0v) is 19.2. The summed E-state index contributed by atoms with van der Waals surface area (Å²) in [7, 11) is 0. The number of nitrogens with one attached hydrogen (secondary N) is 3. The van der Waals surface area contributed by atoms with Crippen molar-refractivity contribution in [3.63, 3.8) is 0 Å². The average molecular weight is 449 g/mol. The highest BCUT2D eigenvalue weighted by atomic mass is 16.4. The van der Waals surface area contributed by atoms with E-state index >= 15 is 0 Å². The Morgan fingerprint density at radius 2 is 1.97 bits per heavy atom. The molecule has 1 aliphatic carbocycles. The lowest BCUT2D eigenvalue weighted by molar-refractivity contribution is -0.141. The zero-order valence-electron chi connectivity index (χ0n) is 19.2. The van der Waals surface area contributed by atoms with E-state index in [9.17, 15) is 14.4 Å². The number of aliphatic carboxylic acids is 1. The molecule has 1 saturated heterocycles. The molecule has 2 aliphatic heterocycles. The molecular formula is C24H40N4O4. The Hall–Kier alpha value is -1.93. The Morgan fingerprint density at radius 3 is 2.69 bits per heavy atom. The van der Waals surface area contributed by atoms with E-state index in [-0.39, 0.29) is 18.4 Å². The Morgan fingerprint density at radius 1 is 1.16 bits per heavy atom. The van der Waals surface area contributed by atoms with E-state index in [0.717, 1.165) is 51.6 Å². The van der Waals surface area contributed by atoms with Gasteiger partial charge >= 0.3 is 5.97 Å². The molecule has 2 amide bonds. The van der Waals surface area contributed by atoms with Crippen LogP contribution in [0, 0.1) is 5.92 Å². The van der Waals surface area contributed by atoms with Gasteiger partial charge in [0, 0.05) is 19.6 Å². The topological polar surface area (TPSA) is 111 Å². The van der Waals surface area contributed by atoms with Crippen molar-refractivity contribution in [1.82, 2.24) is 20.9 Å². The third-order valence-corrected chi connectivity index (χ3v) is 7.06. The zero-order chi connectivity index (χ0) is 22.8. The van der Waals surface area contributed by atoms with Crippen LogP contribution in [0.3, 0.4) is 0 Å². The maximum absolute atomic E-state index is 13.4.